The quantitative estimate of drug-likeness (QED) is 0.744. The van der Waals surface area contributed by atoms with Crippen molar-refractivity contribution in [1.82, 2.24) is 20.4 Å². The van der Waals surface area contributed by atoms with Gasteiger partial charge in [-0.2, -0.15) is 4.98 Å². The van der Waals surface area contributed by atoms with E-state index in [2.05, 4.69) is 15.5 Å². The molecule has 2 aromatic heterocycles. The summed E-state index contributed by atoms with van der Waals surface area (Å²) in [5, 5.41) is 6.70. The van der Waals surface area contributed by atoms with Gasteiger partial charge in [0.2, 0.25) is 17.6 Å². The first-order valence-corrected chi connectivity index (χ1v) is 7.11. The van der Waals surface area contributed by atoms with E-state index in [1.165, 1.54) is 0 Å². The van der Waals surface area contributed by atoms with Crippen LogP contribution in [0.2, 0.25) is 0 Å². The lowest BCUT2D eigenvalue weighted by atomic mass is 10.0. The number of hydrogen-bond acceptors (Lipinski definition) is 7. The minimum absolute atomic E-state index is 0.00250. The van der Waals surface area contributed by atoms with E-state index in [-0.39, 0.29) is 11.8 Å². The standard InChI is InChI=1S/C14H18N4O4/c1-20-6-4-15-12(19)9-18-7-10(8-18)14-16-13(17-22-14)11-3-2-5-21-11/h2-3,5,10H,4,6-9H2,1H3,(H,15,19). The Kier molecular flexibility index (Phi) is 4.50. The van der Waals surface area contributed by atoms with Crippen molar-refractivity contribution in [3.63, 3.8) is 0 Å². The molecular weight excluding hydrogens is 288 g/mol. The summed E-state index contributed by atoms with van der Waals surface area (Å²) < 4.78 is 15.4. The molecule has 0 unspecified atom stereocenters. The Morgan fingerprint density at radius 1 is 1.55 bits per heavy atom. The zero-order chi connectivity index (χ0) is 15.4. The fraction of sp³-hybridized carbons (Fsp3) is 0.500. The molecule has 1 fully saturated rings. The summed E-state index contributed by atoms with van der Waals surface area (Å²) in [7, 11) is 1.60. The largest absolute Gasteiger partial charge is 0.461 e. The average molecular weight is 306 g/mol. The van der Waals surface area contributed by atoms with Crippen LogP contribution in [0.1, 0.15) is 11.8 Å². The van der Waals surface area contributed by atoms with Crippen LogP contribution in [0.3, 0.4) is 0 Å². The summed E-state index contributed by atoms with van der Waals surface area (Å²) in [6, 6.07) is 3.56. The van der Waals surface area contributed by atoms with Gasteiger partial charge >= 0.3 is 0 Å². The van der Waals surface area contributed by atoms with Crippen molar-refractivity contribution in [3.8, 4) is 11.6 Å². The zero-order valence-electron chi connectivity index (χ0n) is 12.3. The van der Waals surface area contributed by atoms with Gasteiger partial charge < -0.3 is 19.0 Å². The molecule has 3 heterocycles. The van der Waals surface area contributed by atoms with E-state index < -0.39 is 0 Å². The average Bonchev–Trinajstić information content (AvgIpc) is 3.13. The third kappa shape index (κ3) is 3.34. The molecule has 0 bridgehead atoms. The number of furan rings is 1. The van der Waals surface area contributed by atoms with Gasteiger partial charge in [-0.3, -0.25) is 9.69 Å². The lowest BCUT2D eigenvalue weighted by molar-refractivity contribution is -0.123. The summed E-state index contributed by atoms with van der Waals surface area (Å²) in [4.78, 5) is 18.0. The van der Waals surface area contributed by atoms with Crippen LogP contribution in [0, 0.1) is 0 Å². The topological polar surface area (TPSA) is 93.6 Å². The van der Waals surface area contributed by atoms with Crippen LogP contribution in [0.15, 0.2) is 27.3 Å². The number of aromatic nitrogens is 2. The van der Waals surface area contributed by atoms with Crippen molar-refractivity contribution in [3.05, 3.63) is 24.3 Å². The van der Waals surface area contributed by atoms with E-state index in [1.54, 1.807) is 25.5 Å². The Morgan fingerprint density at radius 3 is 3.14 bits per heavy atom. The molecule has 1 N–H and O–H groups in total. The van der Waals surface area contributed by atoms with Crippen LogP contribution in [0.4, 0.5) is 0 Å². The summed E-state index contributed by atoms with van der Waals surface area (Å²) in [6.45, 7) is 2.89. The van der Waals surface area contributed by atoms with Gasteiger partial charge in [-0.1, -0.05) is 5.16 Å². The molecule has 0 radical (unpaired) electrons. The number of rotatable bonds is 7. The highest BCUT2D eigenvalue weighted by Crippen LogP contribution is 2.27. The van der Waals surface area contributed by atoms with Gasteiger partial charge in [0.15, 0.2) is 5.76 Å². The maximum atomic E-state index is 11.7. The molecule has 0 spiro atoms. The predicted octanol–water partition coefficient (Wildman–Crippen LogP) is 0.491. The fourth-order valence-electron chi connectivity index (χ4n) is 2.31. The third-order valence-electron chi connectivity index (χ3n) is 3.49. The second kappa shape index (κ2) is 6.71. The molecule has 8 nitrogen and oxygen atoms in total. The second-order valence-electron chi connectivity index (χ2n) is 5.17. The van der Waals surface area contributed by atoms with E-state index in [1.807, 2.05) is 4.90 Å². The van der Waals surface area contributed by atoms with Gasteiger partial charge in [-0.15, -0.1) is 0 Å². The molecular formula is C14H18N4O4. The van der Waals surface area contributed by atoms with E-state index in [4.69, 9.17) is 13.7 Å². The molecule has 1 aliphatic heterocycles. The molecule has 0 aliphatic carbocycles. The Hall–Kier alpha value is -2.19. The number of carbonyl (C=O) groups is 1. The molecule has 1 saturated heterocycles. The highest BCUT2D eigenvalue weighted by molar-refractivity contribution is 5.78. The normalized spacial score (nSPS) is 15.7. The Morgan fingerprint density at radius 2 is 2.41 bits per heavy atom. The van der Waals surface area contributed by atoms with Crippen molar-refractivity contribution in [1.29, 1.82) is 0 Å². The fourth-order valence-corrected chi connectivity index (χ4v) is 2.31. The summed E-state index contributed by atoms with van der Waals surface area (Å²) in [6.07, 6.45) is 1.57. The van der Waals surface area contributed by atoms with Gasteiger partial charge in [0.05, 0.1) is 25.3 Å². The van der Waals surface area contributed by atoms with Crippen molar-refractivity contribution in [2.24, 2.45) is 0 Å². The molecule has 3 rings (SSSR count). The van der Waals surface area contributed by atoms with Crippen molar-refractivity contribution in [2.75, 3.05) is 39.9 Å². The SMILES string of the molecule is COCCNC(=O)CN1CC(c2nc(-c3ccco3)no2)C1. The van der Waals surface area contributed by atoms with Crippen molar-refractivity contribution < 1.29 is 18.5 Å². The van der Waals surface area contributed by atoms with Gasteiger partial charge in [-0.05, 0) is 12.1 Å². The van der Waals surface area contributed by atoms with E-state index in [9.17, 15) is 4.79 Å². The first kappa shape index (κ1) is 14.7. The number of ether oxygens (including phenoxy) is 1. The Bertz CT molecular complexity index is 604. The molecule has 118 valence electrons. The minimum Gasteiger partial charge on any atom is -0.461 e. The summed E-state index contributed by atoms with van der Waals surface area (Å²) >= 11 is 0. The third-order valence-corrected chi connectivity index (χ3v) is 3.49. The van der Waals surface area contributed by atoms with E-state index >= 15 is 0 Å². The van der Waals surface area contributed by atoms with Crippen LogP contribution in [-0.4, -0.2) is 60.8 Å². The predicted molar refractivity (Wildman–Crippen MR) is 76.1 cm³/mol. The summed E-state index contributed by atoms with van der Waals surface area (Å²) in [5.41, 5.74) is 0. The summed E-state index contributed by atoms with van der Waals surface area (Å²) in [5.74, 6) is 1.79. The van der Waals surface area contributed by atoms with Crippen LogP contribution in [0.25, 0.3) is 11.6 Å². The Balaban J connectivity index is 1.44. The first-order chi connectivity index (χ1) is 10.8. The molecule has 1 amide bonds. The van der Waals surface area contributed by atoms with Crippen LogP contribution in [-0.2, 0) is 9.53 Å². The molecule has 22 heavy (non-hydrogen) atoms. The lowest BCUT2D eigenvalue weighted by Gasteiger charge is -2.36. The number of nitrogens with zero attached hydrogens (tertiary/aromatic N) is 3. The molecule has 0 aromatic carbocycles. The van der Waals surface area contributed by atoms with E-state index in [0.717, 1.165) is 13.1 Å². The molecule has 8 heteroatoms. The molecule has 1 aliphatic rings. The number of likely N-dealkylation sites (tertiary alicyclic amines) is 1. The maximum Gasteiger partial charge on any atom is 0.238 e. The number of amides is 1. The lowest BCUT2D eigenvalue weighted by Crippen LogP contribution is -2.49. The maximum absolute atomic E-state index is 11.7. The van der Waals surface area contributed by atoms with Crippen molar-refractivity contribution >= 4 is 5.91 Å². The minimum atomic E-state index is -0.00250. The van der Waals surface area contributed by atoms with Gasteiger partial charge in [0.1, 0.15) is 0 Å². The molecule has 2 aromatic rings. The number of nitrogens with one attached hydrogen (secondary N) is 1. The second-order valence-corrected chi connectivity index (χ2v) is 5.17. The van der Waals surface area contributed by atoms with Crippen LogP contribution >= 0.6 is 0 Å². The number of methoxy groups -OCH3 is 1. The van der Waals surface area contributed by atoms with Crippen LogP contribution < -0.4 is 5.32 Å². The van der Waals surface area contributed by atoms with Gasteiger partial charge in [0, 0.05) is 26.7 Å². The Labute approximate surface area is 127 Å². The highest BCUT2D eigenvalue weighted by atomic mass is 16.5. The zero-order valence-corrected chi connectivity index (χ0v) is 12.3. The smallest absolute Gasteiger partial charge is 0.238 e. The highest BCUT2D eigenvalue weighted by Gasteiger charge is 2.33. The monoisotopic (exact) mass is 306 g/mol. The number of hydrogen-bond donors (Lipinski definition) is 1. The molecule has 0 atom stereocenters. The van der Waals surface area contributed by atoms with Gasteiger partial charge in [0.25, 0.3) is 0 Å². The van der Waals surface area contributed by atoms with Gasteiger partial charge in [-0.25, -0.2) is 0 Å². The van der Waals surface area contributed by atoms with Crippen molar-refractivity contribution in [2.45, 2.75) is 5.92 Å². The number of carbonyl (C=O) groups excluding carboxylic acids is 1. The first-order valence-electron chi connectivity index (χ1n) is 7.11. The van der Waals surface area contributed by atoms with E-state index in [0.29, 0.717) is 37.2 Å². The molecule has 0 saturated carbocycles. The van der Waals surface area contributed by atoms with Crippen LogP contribution in [0.5, 0.6) is 0 Å².